The van der Waals surface area contributed by atoms with Gasteiger partial charge >= 0.3 is 6.09 Å². The van der Waals surface area contributed by atoms with Gasteiger partial charge in [0.15, 0.2) is 0 Å². The van der Waals surface area contributed by atoms with E-state index in [0.717, 1.165) is 21.7 Å². The zero-order chi connectivity index (χ0) is 23.9. The van der Waals surface area contributed by atoms with Crippen molar-refractivity contribution in [2.75, 3.05) is 32.1 Å². The maximum absolute atomic E-state index is 13.9. The van der Waals surface area contributed by atoms with Crippen LogP contribution in [0.1, 0.15) is 16.4 Å². The van der Waals surface area contributed by atoms with Gasteiger partial charge in [0, 0.05) is 18.0 Å². The monoisotopic (exact) mass is 511 g/mol. The molecule has 0 aromatic heterocycles. The van der Waals surface area contributed by atoms with Crippen molar-refractivity contribution in [3.05, 3.63) is 96.1 Å². The number of benzene rings is 3. The summed E-state index contributed by atoms with van der Waals surface area (Å²) in [5.41, 5.74) is 2.72. The van der Waals surface area contributed by atoms with E-state index in [0.29, 0.717) is 13.1 Å². The third-order valence-corrected chi connectivity index (χ3v) is 7.03. The molecule has 0 fully saturated rings. The topological polar surface area (TPSA) is 61.9 Å². The number of ether oxygens (including phenoxy) is 1. The summed E-state index contributed by atoms with van der Waals surface area (Å²) >= 11 is 1.59. The number of anilines is 1. The lowest BCUT2D eigenvalue weighted by Gasteiger charge is -2.29. The van der Waals surface area contributed by atoms with Crippen LogP contribution >= 0.6 is 24.2 Å². The molecule has 4 rings (SSSR count). The summed E-state index contributed by atoms with van der Waals surface area (Å²) in [5.74, 6) is -0.148. The molecule has 0 saturated carbocycles. The summed E-state index contributed by atoms with van der Waals surface area (Å²) in [6.45, 7) is 1.36. The minimum absolute atomic E-state index is 0. The molecule has 35 heavy (non-hydrogen) atoms. The Morgan fingerprint density at radius 1 is 0.971 bits per heavy atom. The van der Waals surface area contributed by atoms with Gasteiger partial charge in [0.05, 0.1) is 10.9 Å². The number of carbonyl (C=O) groups excluding carboxylic acids is 2. The summed E-state index contributed by atoms with van der Waals surface area (Å²) in [7, 11) is 3.96. The summed E-state index contributed by atoms with van der Waals surface area (Å²) in [5, 5.41) is 2.59. The summed E-state index contributed by atoms with van der Waals surface area (Å²) < 4.78 is 5.48. The molecule has 2 atom stereocenters. The molecule has 1 heterocycles. The van der Waals surface area contributed by atoms with Crippen molar-refractivity contribution < 1.29 is 14.3 Å². The fraction of sp³-hybridized carbons (Fsp3) is 0.259. The van der Waals surface area contributed by atoms with Crippen LogP contribution in [0, 0.1) is 0 Å². The SMILES string of the molecule is CN(C)CCN1C(=O)[C@@H](NC(=O)OCc2ccccc2)[C@@H](c2ccccc2)Sc2ccccc21.Cl. The molecule has 6 nitrogen and oxygen atoms in total. The third-order valence-electron chi connectivity index (χ3n) is 5.63. The number of carbonyl (C=O) groups is 2. The number of hydrogen-bond acceptors (Lipinski definition) is 5. The minimum Gasteiger partial charge on any atom is -0.445 e. The highest BCUT2D eigenvalue weighted by molar-refractivity contribution is 7.99. The molecule has 3 aromatic carbocycles. The first-order valence-electron chi connectivity index (χ1n) is 11.3. The van der Waals surface area contributed by atoms with Gasteiger partial charge in [-0.15, -0.1) is 24.2 Å². The van der Waals surface area contributed by atoms with Gasteiger partial charge in [-0.2, -0.15) is 0 Å². The van der Waals surface area contributed by atoms with Crippen LogP contribution in [0.4, 0.5) is 10.5 Å². The lowest BCUT2D eigenvalue weighted by molar-refractivity contribution is -0.120. The van der Waals surface area contributed by atoms with Crippen molar-refractivity contribution in [1.29, 1.82) is 0 Å². The van der Waals surface area contributed by atoms with E-state index in [2.05, 4.69) is 5.32 Å². The highest BCUT2D eigenvalue weighted by Gasteiger charge is 2.39. The van der Waals surface area contributed by atoms with E-state index in [1.54, 1.807) is 16.7 Å². The Balaban J connectivity index is 0.00000342. The van der Waals surface area contributed by atoms with Crippen molar-refractivity contribution in [3.8, 4) is 0 Å². The molecule has 0 aliphatic carbocycles. The van der Waals surface area contributed by atoms with Crippen LogP contribution in [0.25, 0.3) is 0 Å². The van der Waals surface area contributed by atoms with Crippen LogP contribution < -0.4 is 10.2 Å². The zero-order valence-corrected chi connectivity index (χ0v) is 21.4. The fourth-order valence-corrected chi connectivity index (χ4v) is 5.21. The van der Waals surface area contributed by atoms with Crippen molar-refractivity contribution >= 4 is 41.9 Å². The highest BCUT2D eigenvalue weighted by Crippen LogP contribution is 2.45. The van der Waals surface area contributed by atoms with Crippen LogP contribution in [-0.4, -0.2) is 50.1 Å². The number of alkyl carbamates (subject to hydrolysis) is 1. The lowest BCUT2D eigenvalue weighted by atomic mass is 10.0. The van der Waals surface area contributed by atoms with Crippen molar-refractivity contribution in [2.24, 2.45) is 0 Å². The van der Waals surface area contributed by atoms with E-state index < -0.39 is 12.1 Å². The minimum atomic E-state index is -0.787. The first-order chi connectivity index (χ1) is 16.5. The number of halogens is 1. The van der Waals surface area contributed by atoms with Gasteiger partial charge in [0.25, 0.3) is 5.91 Å². The Kier molecular flexibility index (Phi) is 9.60. The molecule has 0 saturated heterocycles. The van der Waals surface area contributed by atoms with E-state index in [4.69, 9.17) is 4.74 Å². The molecule has 0 spiro atoms. The van der Waals surface area contributed by atoms with Gasteiger partial charge < -0.3 is 19.9 Å². The predicted octanol–water partition coefficient (Wildman–Crippen LogP) is 5.15. The maximum Gasteiger partial charge on any atom is 0.408 e. The number of hydrogen-bond donors (Lipinski definition) is 1. The number of rotatable bonds is 7. The number of thioether (sulfide) groups is 1. The fourth-order valence-electron chi connectivity index (χ4n) is 3.86. The third kappa shape index (κ3) is 6.78. The molecule has 184 valence electrons. The average Bonchev–Trinajstić information content (AvgIpc) is 2.97. The molecule has 0 unspecified atom stereocenters. The van der Waals surface area contributed by atoms with Crippen molar-refractivity contribution in [3.63, 3.8) is 0 Å². The summed E-state index contributed by atoms with van der Waals surface area (Å²) in [4.78, 5) is 31.6. The van der Waals surface area contributed by atoms with Gasteiger partial charge in [-0.05, 0) is 37.4 Å². The molecule has 3 aromatic rings. The van der Waals surface area contributed by atoms with Gasteiger partial charge in [0.2, 0.25) is 0 Å². The molecule has 1 aliphatic rings. The average molecular weight is 512 g/mol. The van der Waals surface area contributed by atoms with Crippen LogP contribution in [0.5, 0.6) is 0 Å². The van der Waals surface area contributed by atoms with Gasteiger partial charge in [-0.1, -0.05) is 72.8 Å². The molecule has 8 heteroatoms. The largest absolute Gasteiger partial charge is 0.445 e. The Morgan fingerprint density at radius 3 is 2.29 bits per heavy atom. The number of likely N-dealkylation sites (N-methyl/N-ethyl adjacent to an activating group) is 1. The van der Waals surface area contributed by atoms with Crippen molar-refractivity contribution in [2.45, 2.75) is 22.8 Å². The Bertz CT molecular complexity index is 1110. The number of nitrogens with one attached hydrogen (secondary N) is 1. The van der Waals surface area contributed by atoms with Gasteiger partial charge in [-0.25, -0.2) is 4.79 Å². The predicted molar refractivity (Wildman–Crippen MR) is 143 cm³/mol. The summed E-state index contributed by atoms with van der Waals surface area (Å²) in [6.07, 6.45) is -0.609. The van der Waals surface area contributed by atoms with Crippen molar-refractivity contribution in [1.82, 2.24) is 10.2 Å². The molecule has 0 radical (unpaired) electrons. The van der Waals surface area contributed by atoms with Gasteiger partial charge in [0.1, 0.15) is 12.6 Å². The van der Waals surface area contributed by atoms with Crippen LogP contribution in [0.3, 0.4) is 0 Å². The van der Waals surface area contributed by atoms with E-state index >= 15 is 0 Å². The van der Waals surface area contributed by atoms with Crippen LogP contribution in [0.15, 0.2) is 89.8 Å². The van der Waals surface area contributed by atoms with E-state index in [1.165, 1.54) is 0 Å². The van der Waals surface area contributed by atoms with E-state index in [-0.39, 0.29) is 30.2 Å². The second-order valence-electron chi connectivity index (χ2n) is 8.39. The smallest absolute Gasteiger partial charge is 0.408 e. The van der Waals surface area contributed by atoms with E-state index in [1.807, 2.05) is 104 Å². The lowest BCUT2D eigenvalue weighted by Crippen LogP contribution is -2.51. The van der Waals surface area contributed by atoms with Gasteiger partial charge in [-0.3, -0.25) is 4.79 Å². The first kappa shape index (κ1) is 26.6. The number of para-hydroxylation sites is 1. The second-order valence-corrected chi connectivity index (χ2v) is 9.58. The van der Waals surface area contributed by atoms with E-state index in [9.17, 15) is 9.59 Å². The number of amides is 2. The Labute approximate surface area is 217 Å². The zero-order valence-electron chi connectivity index (χ0n) is 19.8. The molecule has 1 aliphatic heterocycles. The highest BCUT2D eigenvalue weighted by atomic mass is 35.5. The van der Waals surface area contributed by atoms with Crippen LogP contribution in [0.2, 0.25) is 0 Å². The quantitative estimate of drug-likeness (QED) is 0.475. The molecule has 0 bridgehead atoms. The molecular weight excluding hydrogens is 482 g/mol. The maximum atomic E-state index is 13.9. The normalized spacial score (nSPS) is 17.2. The first-order valence-corrected chi connectivity index (χ1v) is 12.1. The number of nitrogens with zero attached hydrogens (tertiary/aromatic N) is 2. The second kappa shape index (κ2) is 12.6. The van der Waals surface area contributed by atoms with Crippen LogP contribution in [-0.2, 0) is 16.1 Å². The molecule has 2 amide bonds. The molecule has 1 N–H and O–H groups in total. The Morgan fingerprint density at radius 2 is 1.60 bits per heavy atom. The number of fused-ring (bicyclic) bond motifs is 1. The Hall–Kier alpha value is -3.00. The molecular formula is C27H30ClN3O3S. The standard InChI is InChI=1S/C27H29N3O3S.ClH/c1-29(2)17-18-30-22-15-9-10-16-23(22)34-25(21-13-7-4-8-14-21)24(26(30)31)28-27(32)33-19-20-11-5-3-6-12-20;/h3-16,24-25H,17-19H2,1-2H3,(H,28,32);1H/t24-,25+;/m0./s1. The summed E-state index contributed by atoms with van der Waals surface area (Å²) in [6, 6.07) is 26.5.